The smallest absolute Gasteiger partial charge is 0.251 e. The Morgan fingerprint density at radius 1 is 1.19 bits per heavy atom. The third-order valence-corrected chi connectivity index (χ3v) is 6.37. The first-order valence-corrected chi connectivity index (χ1v) is 11.7. The summed E-state index contributed by atoms with van der Waals surface area (Å²) in [6, 6.07) is 12.8. The van der Waals surface area contributed by atoms with Crippen molar-refractivity contribution >= 4 is 21.8 Å². The van der Waals surface area contributed by atoms with Crippen LogP contribution < -0.4 is 5.32 Å². The Morgan fingerprint density at radius 2 is 2.00 bits per heavy atom. The highest BCUT2D eigenvalue weighted by molar-refractivity contribution is 9.08. The van der Waals surface area contributed by atoms with Gasteiger partial charge in [0, 0.05) is 28.3 Å². The average molecular weight is 482 g/mol. The van der Waals surface area contributed by atoms with Crippen molar-refractivity contribution in [2.45, 2.75) is 44.5 Å². The van der Waals surface area contributed by atoms with Gasteiger partial charge in [-0.1, -0.05) is 28.9 Å². The molecule has 6 heteroatoms. The van der Waals surface area contributed by atoms with E-state index in [1.807, 2.05) is 30.5 Å². The molecule has 2 heterocycles. The standard InChI is InChI=1S/C25H25BrFN3O/c1-3-16-8-9-28-22(12-16)24(18-4-5-18)30-25(31)20-11-17(14-26)10-19(13-20)21-6-7-23(27)29-15(21)2/h6-13,18,24H,3-5,14H2,1-2H3,(H,30,31). The number of hydrogen-bond donors (Lipinski definition) is 1. The van der Waals surface area contributed by atoms with Crippen LogP contribution in [0.5, 0.6) is 0 Å². The maximum Gasteiger partial charge on any atom is 0.251 e. The Labute approximate surface area is 190 Å². The quantitative estimate of drug-likeness (QED) is 0.336. The minimum atomic E-state index is -0.509. The summed E-state index contributed by atoms with van der Waals surface area (Å²) in [6.07, 6.45) is 4.94. The number of aryl methyl sites for hydroxylation is 2. The van der Waals surface area contributed by atoms with Crippen LogP contribution in [-0.2, 0) is 11.8 Å². The normalized spacial score (nSPS) is 14.3. The fourth-order valence-electron chi connectivity index (χ4n) is 3.86. The molecule has 0 spiro atoms. The van der Waals surface area contributed by atoms with E-state index < -0.39 is 5.95 Å². The zero-order valence-corrected chi connectivity index (χ0v) is 19.2. The van der Waals surface area contributed by atoms with Crippen LogP contribution in [0.1, 0.15) is 58.7 Å². The number of nitrogens with zero attached hydrogens (tertiary/aromatic N) is 2. The molecule has 1 aromatic carbocycles. The van der Waals surface area contributed by atoms with Crippen LogP contribution in [0.3, 0.4) is 0 Å². The number of nitrogens with one attached hydrogen (secondary N) is 1. The second-order valence-electron chi connectivity index (χ2n) is 8.05. The molecule has 1 unspecified atom stereocenters. The second kappa shape index (κ2) is 9.27. The second-order valence-corrected chi connectivity index (χ2v) is 8.61. The minimum absolute atomic E-state index is 0.0932. The van der Waals surface area contributed by atoms with Crippen LogP contribution >= 0.6 is 15.9 Å². The van der Waals surface area contributed by atoms with E-state index in [0.29, 0.717) is 22.5 Å². The molecule has 0 bridgehead atoms. The van der Waals surface area contributed by atoms with Gasteiger partial charge in [-0.2, -0.15) is 4.39 Å². The molecule has 1 aliphatic rings. The lowest BCUT2D eigenvalue weighted by Gasteiger charge is -2.19. The van der Waals surface area contributed by atoms with Crippen LogP contribution in [-0.4, -0.2) is 15.9 Å². The van der Waals surface area contributed by atoms with Crippen LogP contribution in [0.4, 0.5) is 4.39 Å². The Morgan fingerprint density at radius 3 is 2.68 bits per heavy atom. The SMILES string of the molecule is CCc1ccnc(C(NC(=O)c2cc(CBr)cc(-c3ccc(F)nc3C)c2)C2CC2)c1. The van der Waals surface area contributed by atoms with E-state index in [1.54, 1.807) is 13.0 Å². The van der Waals surface area contributed by atoms with E-state index in [1.165, 1.54) is 11.6 Å². The number of hydrogen-bond acceptors (Lipinski definition) is 3. The molecular weight excluding hydrogens is 457 g/mol. The molecule has 1 atom stereocenters. The van der Waals surface area contributed by atoms with E-state index in [4.69, 9.17) is 0 Å². The monoisotopic (exact) mass is 481 g/mol. The molecule has 160 valence electrons. The fourth-order valence-corrected chi connectivity index (χ4v) is 4.19. The Balaban J connectivity index is 1.65. The van der Waals surface area contributed by atoms with Gasteiger partial charge in [0.15, 0.2) is 0 Å². The van der Waals surface area contributed by atoms with E-state index in [2.05, 4.69) is 44.2 Å². The van der Waals surface area contributed by atoms with Crippen LogP contribution in [0, 0.1) is 18.8 Å². The summed E-state index contributed by atoms with van der Waals surface area (Å²) in [4.78, 5) is 21.8. The summed E-state index contributed by atoms with van der Waals surface area (Å²) in [6.45, 7) is 3.89. The van der Waals surface area contributed by atoms with E-state index in [-0.39, 0.29) is 11.9 Å². The van der Waals surface area contributed by atoms with Crippen LogP contribution in [0.25, 0.3) is 11.1 Å². The van der Waals surface area contributed by atoms with Gasteiger partial charge in [-0.15, -0.1) is 0 Å². The van der Waals surface area contributed by atoms with Crippen LogP contribution in [0.15, 0.2) is 48.7 Å². The van der Waals surface area contributed by atoms with Gasteiger partial charge >= 0.3 is 0 Å². The lowest BCUT2D eigenvalue weighted by Crippen LogP contribution is -2.30. The van der Waals surface area contributed by atoms with Crippen molar-refractivity contribution in [2.75, 3.05) is 0 Å². The van der Waals surface area contributed by atoms with Gasteiger partial charge in [0.1, 0.15) is 0 Å². The van der Waals surface area contributed by atoms with Gasteiger partial charge < -0.3 is 5.32 Å². The number of halogens is 2. The number of benzene rings is 1. The van der Waals surface area contributed by atoms with Crippen molar-refractivity contribution in [1.82, 2.24) is 15.3 Å². The van der Waals surface area contributed by atoms with E-state index in [9.17, 15) is 9.18 Å². The molecule has 1 N–H and O–H groups in total. The van der Waals surface area contributed by atoms with Crippen molar-refractivity contribution < 1.29 is 9.18 Å². The highest BCUT2D eigenvalue weighted by atomic mass is 79.9. The zero-order chi connectivity index (χ0) is 22.0. The third-order valence-electron chi connectivity index (χ3n) is 5.72. The number of pyridine rings is 2. The summed E-state index contributed by atoms with van der Waals surface area (Å²) in [7, 11) is 0. The van der Waals surface area contributed by atoms with Crippen molar-refractivity contribution in [3.05, 3.63) is 82.7 Å². The summed E-state index contributed by atoms with van der Waals surface area (Å²) >= 11 is 3.50. The molecule has 0 aliphatic heterocycles. The van der Waals surface area contributed by atoms with E-state index in [0.717, 1.165) is 41.6 Å². The predicted octanol–water partition coefficient (Wildman–Crippen LogP) is 5.93. The van der Waals surface area contributed by atoms with E-state index >= 15 is 0 Å². The number of amides is 1. The first kappa shape index (κ1) is 21.6. The largest absolute Gasteiger partial charge is 0.343 e. The molecular formula is C25H25BrFN3O. The molecule has 0 saturated heterocycles. The van der Waals surface area contributed by atoms with Crippen molar-refractivity contribution in [3.8, 4) is 11.1 Å². The zero-order valence-electron chi connectivity index (χ0n) is 17.7. The number of aromatic nitrogens is 2. The molecule has 3 aromatic rings. The molecule has 4 rings (SSSR count). The van der Waals surface area contributed by atoms with Crippen molar-refractivity contribution in [3.63, 3.8) is 0 Å². The molecule has 1 saturated carbocycles. The van der Waals surface area contributed by atoms with Gasteiger partial charge in [-0.05, 0) is 85.2 Å². The lowest BCUT2D eigenvalue weighted by atomic mass is 9.98. The topological polar surface area (TPSA) is 54.9 Å². The fraction of sp³-hybridized carbons (Fsp3) is 0.320. The number of alkyl halides is 1. The molecule has 2 aromatic heterocycles. The highest BCUT2D eigenvalue weighted by Gasteiger charge is 2.34. The lowest BCUT2D eigenvalue weighted by molar-refractivity contribution is 0.0930. The summed E-state index contributed by atoms with van der Waals surface area (Å²) < 4.78 is 13.5. The molecule has 31 heavy (non-hydrogen) atoms. The molecule has 0 radical (unpaired) electrons. The number of carbonyl (C=O) groups is 1. The first-order valence-electron chi connectivity index (χ1n) is 10.6. The third kappa shape index (κ3) is 5.01. The molecule has 1 amide bonds. The molecule has 4 nitrogen and oxygen atoms in total. The van der Waals surface area contributed by atoms with Gasteiger partial charge in [0.25, 0.3) is 5.91 Å². The van der Waals surface area contributed by atoms with Crippen molar-refractivity contribution in [2.24, 2.45) is 5.92 Å². The van der Waals surface area contributed by atoms with Crippen molar-refractivity contribution in [1.29, 1.82) is 0 Å². The van der Waals surface area contributed by atoms with Gasteiger partial charge in [0.2, 0.25) is 5.95 Å². The first-order chi connectivity index (χ1) is 15.0. The Kier molecular flexibility index (Phi) is 6.46. The molecule has 1 fully saturated rings. The Bertz CT molecular complexity index is 1110. The average Bonchev–Trinajstić information content (AvgIpc) is 3.62. The number of rotatable bonds is 7. The summed E-state index contributed by atoms with van der Waals surface area (Å²) in [5.41, 5.74) is 5.94. The Hall–Kier alpha value is -2.60. The number of carbonyl (C=O) groups excluding carboxylic acids is 1. The summed E-state index contributed by atoms with van der Waals surface area (Å²) in [5.74, 6) is -0.215. The predicted molar refractivity (Wildman–Crippen MR) is 124 cm³/mol. The van der Waals surface area contributed by atoms with Gasteiger partial charge in [-0.25, -0.2) is 4.98 Å². The minimum Gasteiger partial charge on any atom is -0.343 e. The van der Waals surface area contributed by atoms with Crippen LogP contribution in [0.2, 0.25) is 0 Å². The van der Waals surface area contributed by atoms with Gasteiger partial charge in [0.05, 0.1) is 11.7 Å². The molecule has 1 aliphatic carbocycles. The summed E-state index contributed by atoms with van der Waals surface area (Å²) in [5, 5.41) is 3.84. The maximum absolute atomic E-state index is 13.5. The van der Waals surface area contributed by atoms with Gasteiger partial charge in [-0.3, -0.25) is 9.78 Å². The highest BCUT2D eigenvalue weighted by Crippen LogP contribution is 2.40. The maximum atomic E-state index is 13.5.